The molecule has 28 heavy (non-hydrogen) atoms. The van der Waals surface area contributed by atoms with E-state index in [2.05, 4.69) is 21.8 Å². The summed E-state index contributed by atoms with van der Waals surface area (Å²) in [6.07, 6.45) is 3.47. The lowest BCUT2D eigenvalue weighted by Gasteiger charge is -2.13. The quantitative estimate of drug-likeness (QED) is 0.236. The zero-order chi connectivity index (χ0) is 20.1. The van der Waals surface area contributed by atoms with E-state index in [0.29, 0.717) is 24.1 Å². The lowest BCUT2D eigenvalue weighted by Crippen LogP contribution is -2.27. The predicted molar refractivity (Wildman–Crippen MR) is 106 cm³/mol. The second-order valence-electron chi connectivity index (χ2n) is 6.02. The average molecular weight is 399 g/mol. The van der Waals surface area contributed by atoms with E-state index in [0.717, 1.165) is 22.8 Å². The predicted octanol–water partition coefficient (Wildman–Crippen LogP) is 2.47. The molecule has 1 atom stereocenters. The maximum atomic E-state index is 12.1. The first kappa shape index (κ1) is 19.8. The molecule has 0 radical (unpaired) electrons. The minimum absolute atomic E-state index is 0.210. The number of rotatable bonds is 9. The van der Waals surface area contributed by atoms with Gasteiger partial charge < -0.3 is 13.9 Å². The number of fused-ring (bicyclic) bond motifs is 1. The number of ketones is 1. The van der Waals surface area contributed by atoms with Gasteiger partial charge in [0.1, 0.15) is 0 Å². The first-order valence-corrected chi connectivity index (χ1v) is 9.69. The van der Waals surface area contributed by atoms with Gasteiger partial charge in [0.15, 0.2) is 22.0 Å². The van der Waals surface area contributed by atoms with Crippen LogP contribution >= 0.6 is 11.8 Å². The van der Waals surface area contributed by atoms with Crippen molar-refractivity contribution in [2.45, 2.75) is 37.3 Å². The fourth-order valence-electron chi connectivity index (χ4n) is 2.74. The molecule has 3 aromatic rings. The van der Waals surface area contributed by atoms with Crippen molar-refractivity contribution in [3.63, 3.8) is 0 Å². The van der Waals surface area contributed by atoms with Crippen LogP contribution in [0.15, 0.2) is 48.4 Å². The molecule has 146 valence electrons. The van der Waals surface area contributed by atoms with Gasteiger partial charge in [-0.15, -0.1) is 16.8 Å². The second kappa shape index (κ2) is 8.83. The molecule has 0 spiro atoms. The third kappa shape index (κ3) is 4.14. The summed E-state index contributed by atoms with van der Waals surface area (Å²) in [5, 5.41) is 7.95. The number of allylic oxidation sites excluding steroid dienone is 1. The number of hydrogen-bond acceptors (Lipinski definition) is 7. The highest BCUT2D eigenvalue weighted by Crippen LogP contribution is 2.25. The van der Waals surface area contributed by atoms with Crippen molar-refractivity contribution in [1.29, 1.82) is 0 Å². The largest absolute Gasteiger partial charge is 0.465 e. The van der Waals surface area contributed by atoms with Gasteiger partial charge in [0, 0.05) is 6.54 Å². The summed E-state index contributed by atoms with van der Waals surface area (Å²) in [5.74, 6) is -0.189. The number of para-hydroxylation sites is 2. The van der Waals surface area contributed by atoms with E-state index < -0.39 is 11.2 Å². The third-order valence-corrected chi connectivity index (χ3v) is 5.31. The Morgan fingerprint density at radius 2 is 2.11 bits per heavy atom. The van der Waals surface area contributed by atoms with Gasteiger partial charge in [-0.2, -0.15) is 0 Å². The number of nitrogens with zero attached hydrogens (tertiary/aromatic N) is 5. The Labute approximate surface area is 166 Å². The Balaban J connectivity index is 1.90. The Hall–Kier alpha value is -2.94. The summed E-state index contributed by atoms with van der Waals surface area (Å²) in [5.41, 5.74) is 1.88. The molecule has 9 heteroatoms. The fourth-order valence-corrected chi connectivity index (χ4v) is 3.68. The Morgan fingerprint density at radius 3 is 2.82 bits per heavy atom. The number of hydrogen-bond donors (Lipinski definition) is 0. The number of carbonyl (C=O) groups excluding carboxylic acids is 2. The van der Waals surface area contributed by atoms with Crippen LogP contribution in [0.3, 0.4) is 0 Å². The molecule has 0 bridgehead atoms. The van der Waals surface area contributed by atoms with Gasteiger partial charge in [0.25, 0.3) is 0 Å². The van der Waals surface area contributed by atoms with Crippen LogP contribution in [-0.4, -0.2) is 47.9 Å². The number of Topliss-reactive ketones (excluding diaryl/α,β-unsaturated/α-hetero) is 1. The number of benzene rings is 1. The molecule has 3 rings (SSSR count). The van der Waals surface area contributed by atoms with Crippen molar-refractivity contribution in [1.82, 2.24) is 24.3 Å². The Morgan fingerprint density at radius 1 is 1.32 bits per heavy atom. The van der Waals surface area contributed by atoms with E-state index >= 15 is 0 Å². The normalized spacial score (nSPS) is 12.1. The van der Waals surface area contributed by atoms with Gasteiger partial charge in [0.05, 0.1) is 30.5 Å². The standard InChI is InChI=1S/C19H21N5O3S/c1-4-10-24-16(11-23-12-20-14-8-6-7-9-15(14)23)21-22-19(24)28-17(13(3)25)18(26)27-5-2/h4,6-9,12,17H,1,5,10-11H2,2-3H3. The van der Waals surface area contributed by atoms with Gasteiger partial charge in [-0.3, -0.25) is 9.59 Å². The first-order chi connectivity index (χ1) is 13.5. The molecular weight excluding hydrogens is 378 g/mol. The number of carbonyl (C=O) groups is 2. The molecule has 0 aliphatic heterocycles. The highest BCUT2D eigenvalue weighted by molar-refractivity contribution is 8.01. The van der Waals surface area contributed by atoms with Crippen LogP contribution in [-0.2, 0) is 27.4 Å². The highest BCUT2D eigenvalue weighted by atomic mass is 32.2. The van der Waals surface area contributed by atoms with Crippen LogP contribution < -0.4 is 0 Å². The van der Waals surface area contributed by atoms with Gasteiger partial charge in [-0.25, -0.2) is 4.98 Å². The number of thioether (sulfide) groups is 1. The summed E-state index contributed by atoms with van der Waals surface area (Å²) in [4.78, 5) is 28.4. The Kier molecular flexibility index (Phi) is 6.25. The molecule has 0 aliphatic carbocycles. The van der Waals surface area contributed by atoms with E-state index in [1.165, 1.54) is 6.92 Å². The molecule has 1 unspecified atom stereocenters. The van der Waals surface area contributed by atoms with Gasteiger partial charge >= 0.3 is 5.97 Å². The number of esters is 1. The molecule has 0 aliphatic rings. The van der Waals surface area contributed by atoms with Crippen molar-refractivity contribution >= 4 is 34.5 Å². The SMILES string of the molecule is C=CCn1c(Cn2cnc3ccccc32)nnc1SC(C(C)=O)C(=O)OCC. The topological polar surface area (TPSA) is 91.9 Å². The first-order valence-electron chi connectivity index (χ1n) is 8.81. The molecular formula is C19H21N5O3S. The summed E-state index contributed by atoms with van der Waals surface area (Å²) >= 11 is 1.04. The van der Waals surface area contributed by atoms with Crippen LogP contribution in [0.1, 0.15) is 19.7 Å². The number of aromatic nitrogens is 5. The van der Waals surface area contributed by atoms with Crippen molar-refractivity contribution in [3.05, 3.63) is 49.1 Å². The van der Waals surface area contributed by atoms with E-state index in [9.17, 15) is 9.59 Å². The van der Waals surface area contributed by atoms with Crippen molar-refractivity contribution < 1.29 is 14.3 Å². The molecule has 0 fully saturated rings. The molecule has 8 nitrogen and oxygen atoms in total. The second-order valence-corrected chi connectivity index (χ2v) is 7.09. The summed E-state index contributed by atoms with van der Waals surface area (Å²) in [6, 6.07) is 7.82. The van der Waals surface area contributed by atoms with Crippen LogP contribution in [0.5, 0.6) is 0 Å². The molecule has 1 aromatic carbocycles. The Bertz CT molecular complexity index is 1010. The van der Waals surface area contributed by atoms with Gasteiger partial charge in [0.2, 0.25) is 0 Å². The smallest absolute Gasteiger partial charge is 0.327 e. The molecule has 2 heterocycles. The summed E-state index contributed by atoms with van der Waals surface area (Å²) in [6.45, 7) is 7.95. The molecule has 0 N–H and O–H groups in total. The molecule has 0 saturated heterocycles. The molecule has 0 saturated carbocycles. The lowest BCUT2D eigenvalue weighted by atomic mass is 10.3. The van der Waals surface area contributed by atoms with E-state index in [1.54, 1.807) is 19.3 Å². The van der Waals surface area contributed by atoms with E-state index in [4.69, 9.17) is 4.74 Å². The maximum Gasteiger partial charge on any atom is 0.327 e. The average Bonchev–Trinajstić information content (AvgIpc) is 3.25. The maximum absolute atomic E-state index is 12.1. The summed E-state index contributed by atoms with van der Waals surface area (Å²) < 4.78 is 8.82. The van der Waals surface area contributed by atoms with Crippen molar-refractivity contribution in [2.75, 3.05) is 6.61 Å². The zero-order valence-electron chi connectivity index (χ0n) is 15.7. The third-order valence-electron chi connectivity index (χ3n) is 4.04. The van der Waals surface area contributed by atoms with Crippen LogP contribution in [0.25, 0.3) is 11.0 Å². The minimum atomic E-state index is -0.977. The van der Waals surface area contributed by atoms with Crippen molar-refractivity contribution in [2.24, 2.45) is 0 Å². The summed E-state index contributed by atoms with van der Waals surface area (Å²) in [7, 11) is 0. The van der Waals surface area contributed by atoms with Gasteiger partial charge in [-0.05, 0) is 26.0 Å². The minimum Gasteiger partial charge on any atom is -0.465 e. The molecule has 2 aromatic heterocycles. The number of imidazole rings is 1. The zero-order valence-corrected chi connectivity index (χ0v) is 16.6. The van der Waals surface area contributed by atoms with E-state index in [1.807, 2.05) is 33.4 Å². The number of ether oxygens (including phenoxy) is 1. The van der Waals surface area contributed by atoms with Gasteiger partial charge in [-0.1, -0.05) is 30.0 Å². The van der Waals surface area contributed by atoms with Crippen LogP contribution in [0, 0.1) is 0 Å². The monoisotopic (exact) mass is 399 g/mol. The fraction of sp³-hybridized carbons (Fsp3) is 0.316. The molecule has 0 amide bonds. The van der Waals surface area contributed by atoms with E-state index in [-0.39, 0.29) is 12.4 Å². The highest BCUT2D eigenvalue weighted by Gasteiger charge is 2.29. The van der Waals surface area contributed by atoms with Crippen LogP contribution in [0.4, 0.5) is 0 Å². The van der Waals surface area contributed by atoms with Crippen LogP contribution in [0.2, 0.25) is 0 Å². The lowest BCUT2D eigenvalue weighted by molar-refractivity contribution is -0.144. The van der Waals surface area contributed by atoms with Crippen molar-refractivity contribution in [3.8, 4) is 0 Å².